The second kappa shape index (κ2) is 13.0. The van der Waals surface area contributed by atoms with Gasteiger partial charge >= 0.3 is 6.09 Å². The molecule has 218 valence electrons. The first kappa shape index (κ1) is 29.0. The summed E-state index contributed by atoms with van der Waals surface area (Å²) in [5, 5.41) is 3.57. The third-order valence-electron chi connectivity index (χ3n) is 6.59. The molecule has 0 radical (unpaired) electrons. The molecule has 4 aromatic rings. The lowest BCUT2D eigenvalue weighted by molar-refractivity contribution is -0.123. The largest absolute Gasteiger partial charge is 0.497 e. The maximum absolute atomic E-state index is 13.7. The number of ether oxygens (including phenoxy) is 3. The maximum Gasteiger partial charge on any atom is 0.415 e. The first-order valence-corrected chi connectivity index (χ1v) is 13.6. The Kier molecular flexibility index (Phi) is 8.94. The van der Waals surface area contributed by atoms with Gasteiger partial charge in [0.05, 0.1) is 25.8 Å². The molecular weight excluding hydrogens is 585 g/mol. The number of imidazole rings is 1. The summed E-state index contributed by atoms with van der Waals surface area (Å²) < 4.78 is 17.6. The second-order valence-electron chi connectivity index (χ2n) is 9.20. The Labute approximate surface area is 251 Å². The Morgan fingerprint density at radius 3 is 2.48 bits per heavy atom. The summed E-state index contributed by atoms with van der Waals surface area (Å²) in [6.45, 7) is 0.788. The molecule has 1 aliphatic rings. The van der Waals surface area contributed by atoms with Gasteiger partial charge in [-0.05, 0) is 42.0 Å². The summed E-state index contributed by atoms with van der Waals surface area (Å²) in [7, 11) is 3.08. The van der Waals surface area contributed by atoms with E-state index in [0.717, 1.165) is 5.56 Å². The minimum absolute atomic E-state index is 0.0339. The number of hydrogen-bond acceptors (Lipinski definition) is 9. The molecule has 1 N–H and O–H groups in total. The highest BCUT2D eigenvalue weighted by atomic mass is 35.5. The molecule has 0 bridgehead atoms. The Morgan fingerprint density at radius 1 is 1.00 bits per heavy atom. The number of hydrogen-bond donors (Lipinski definition) is 1. The zero-order valence-corrected chi connectivity index (χ0v) is 24.2. The van der Waals surface area contributed by atoms with Crippen LogP contribution in [0.3, 0.4) is 0 Å². The van der Waals surface area contributed by atoms with E-state index < -0.39 is 12.1 Å². The van der Waals surface area contributed by atoms with Gasteiger partial charge in [0.25, 0.3) is 0 Å². The molecule has 0 saturated carbocycles. The second-order valence-corrected chi connectivity index (χ2v) is 10.00. The van der Waals surface area contributed by atoms with Gasteiger partial charge in [-0.1, -0.05) is 29.3 Å². The van der Waals surface area contributed by atoms with Crippen molar-refractivity contribution in [2.75, 3.05) is 38.8 Å². The number of anilines is 1. The van der Waals surface area contributed by atoms with Gasteiger partial charge in [0, 0.05) is 38.1 Å². The lowest BCUT2D eigenvalue weighted by atomic mass is 10.1. The summed E-state index contributed by atoms with van der Waals surface area (Å²) >= 11 is 12.6. The van der Waals surface area contributed by atoms with Crippen LogP contribution in [0.15, 0.2) is 67.3 Å². The molecule has 1 saturated heterocycles. The number of halogens is 2. The fourth-order valence-electron chi connectivity index (χ4n) is 4.42. The van der Waals surface area contributed by atoms with Gasteiger partial charge in [-0.25, -0.2) is 14.8 Å². The van der Waals surface area contributed by atoms with E-state index >= 15 is 0 Å². The molecule has 42 heavy (non-hydrogen) atoms. The van der Waals surface area contributed by atoms with Crippen LogP contribution >= 0.6 is 23.2 Å². The normalized spacial score (nSPS) is 14.8. The summed E-state index contributed by atoms with van der Waals surface area (Å²) in [4.78, 5) is 43.0. The van der Waals surface area contributed by atoms with Gasteiger partial charge in [0.15, 0.2) is 0 Å². The van der Waals surface area contributed by atoms with Crippen molar-refractivity contribution in [3.05, 3.63) is 83.0 Å². The summed E-state index contributed by atoms with van der Waals surface area (Å²) in [5.41, 5.74) is 0.778. The lowest BCUT2D eigenvalue weighted by Crippen LogP contribution is -2.60. The molecule has 0 aliphatic carbocycles. The standard InChI is InChI=1S/C28H27Cl2N7O5/c1-40-19-4-6-20(7-5-19)42-28(39)35-11-12-37(25-14-24(30)33-27(34-25)36-10-9-31-17-36)22(16-35)26(38)32-15-18-3-8-23(41-2)21(29)13-18/h3-10,13-14,17,22H,11-12,15-16H2,1-2H3,(H,32,38). The van der Waals surface area contributed by atoms with Crippen LogP contribution in [-0.4, -0.2) is 76.3 Å². The Morgan fingerprint density at radius 2 is 1.79 bits per heavy atom. The van der Waals surface area contributed by atoms with Crippen LogP contribution in [0.25, 0.3) is 5.95 Å². The quantitative estimate of drug-likeness (QED) is 0.294. The number of benzene rings is 2. The smallest absolute Gasteiger partial charge is 0.415 e. The SMILES string of the molecule is COc1ccc(OC(=O)N2CCN(c3cc(Cl)nc(-n4ccnc4)n3)C(C(=O)NCc3ccc(OC)c(Cl)c3)C2)cc1. The molecule has 2 aromatic heterocycles. The van der Waals surface area contributed by atoms with Crippen LogP contribution in [0.2, 0.25) is 10.2 Å². The number of nitrogens with zero attached hydrogens (tertiary/aromatic N) is 6. The predicted octanol–water partition coefficient (Wildman–Crippen LogP) is 3.99. The van der Waals surface area contributed by atoms with Gasteiger partial charge < -0.3 is 29.3 Å². The number of aromatic nitrogens is 4. The number of piperazine rings is 1. The number of carbonyl (C=O) groups excluding carboxylic acids is 2. The zero-order valence-electron chi connectivity index (χ0n) is 22.7. The van der Waals surface area contributed by atoms with Crippen LogP contribution in [-0.2, 0) is 11.3 Å². The molecule has 2 aromatic carbocycles. The maximum atomic E-state index is 13.7. The Balaban J connectivity index is 1.37. The molecule has 0 spiro atoms. The van der Waals surface area contributed by atoms with Crippen molar-refractivity contribution in [3.63, 3.8) is 0 Å². The summed E-state index contributed by atoms with van der Waals surface area (Å²) in [6.07, 6.45) is 4.25. The van der Waals surface area contributed by atoms with E-state index in [2.05, 4.69) is 20.3 Å². The number of amides is 2. The third-order valence-corrected chi connectivity index (χ3v) is 7.08. The van der Waals surface area contributed by atoms with Gasteiger partial charge in [-0.2, -0.15) is 4.98 Å². The van der Waals surface area contributed by atoms with Crippen LogP contribution in [0.5, 0.6) is 17.2 Å². The first-order valence-electron chi connectivity index (χ1n) is 12.8. The number of methoxy groups -OCH3 is 2. The molecule has 12 nitrogen and oxygen atoms in total. The van der Waals surface area contributed by atoms with E-state index in [1.165, 1.54) is 12.0 Å². The molecule has 1 atom stereocenters. The van der Waals surface area contributed by atoms with E-state index in [4.69, 9.17) is 37.4 Å². The topological polar surface area (TPSA) is 124 Å². The molecule has 14 heteroatoms. The van der Waals surface area contributed by atoms with E-state index in [-0.39, 0.29) is 37.2 Å². The van der Waals surface area contributed by atoms with Crippen LogP contribution < -0.4 is 24.4 Å². The van der Waals surface area contributed by atoms with Crippen LogP contribution in [0.4, 0.5) is 10.6 Å². The minimum atomic E-state index is -0.822. The number of nitrogens with one attached hydrogen (secondary N) is 1. The predicted molar refractivity (Wildman–Crippen MR) is 156 cm³/mol. The van der Waals surface area contributed by atoms with E-state index in [1.807, 2.05) is 6.07 Å². The average molecular weight is 612 g/mol. The highest BCUT2D eigenvalue weighted by Crippen LogP contribution is 2.26. The van der Waals surface area contributed by atoms with E-state index in [1.54, 1.807) is 77.8 Å². The molecule has 3 heterocycles. The molecule has 2 amide bonds. The van der Waals surface area contributed by atoms with Crippen LogP contribution in [0, 0.1) is 0 Å². The average Bonchev–Trinajstić information content (AvgIpc) is 3.55. The zero-order chi connectivity index (χ0) is 29.6. The molecule has 1 unspecified atom stereocenters. The highest BCUT2D eigenvalue weighted by Gasteiger charge is 2.36. The Hall–Kier alpha value is -4.55. The van der Waals surface area contributed by atoms with Gasteiger partial charge in [-0.3, -0.25) is 9.36 Å². The van der Waals surface area contributed by atoms with Crippen molar-refractivity contribution in [2.24, 2.45) is 0 Å². The fourth-order valence-corrected chi connectivity index (χ4v) is 4.87. The van der Waals surface area contributed by atoms with Gasteiger partial charge in [0.1, 0.15) is 40.6 Å². The van der Waals surface area contributed by atoms with Crippen molar-refractivity contribution in [2.45, 2.75) is 12.6 Å². The minimum Gasteiger partial charge on any atom is -0.497 e. The molecular formula is C28H27Cl2N7O5. The summed E-state index contributed by atoms with van der Waals surface area (Å²) in [5.74, 6) is 1.91. The lowest BCUT2D eigenvalue weighted by Gasteiger charge is -2.40. The van der Waals surface area contributed by atoms with Crippen molar-refractivity contribution in [1.82, 2.24) is 29.7 Å². The monoisotopic (exact) mass is 611 g/mol. The summed E-state index contributed by atoms with van der Waals surface area (Å²) in [6, 6.07) is 12.7. The van der Waals surface area contributed by atoms with Gasteiger partial charge in [-0.15, -0.1) is 0 Å². The molecule has 1 fully saturated rings. The van der Waals surface area contributed by atoms with E-state index in [0.29, 0.717) is 34.0 Å². The van der Waals surface area contributed by atoms with Crippen molar-refractivity contribution < 1.29 is 23.8 Å². The molecule has 5 rings (SSSR count). The highest BCUT2D eigenvalue weighted by molar-refractivity contribution is 6.32. The Bertz CT molecular complexity index is 1550. The van der Waals surface area contributed by atoms with Crippen molar-refractivity contribution in [1.29, 1.82) is 0 Å². The molecule has 1 aliphatic heterocycles. The first-order chi connectivity index (χ1) is 20.3. The van der Waals surface area contributed by atoms with E-state index in [9.17, 15) is 9.59 Å². The number of carbonyl (C=O) groups is 2. The third kappa shape index (κ3) is 6.67. The van der Waals surface area contributed by atoms with Crippen molar-refractivity contribution in [3.8, 4) is 23.2 Å². The fraction of sp³-hybridized carbons (Fsp3) is 0.250. The van der Waals surface area contributed by atoms with Crippen molar-refractivity contribution >= 4 is 41.0 Å². The van der Waals surface area contributed by atoms with Gasteiger partial charge in [0.2, 0.25) is 11.9 Å². The van der Waals surface area contributed by atoms with Crippen LogP contribution in [0.1, 0.15) is 5.56 Å². The number of rotatable bonds is 8.